The third-order valence-electron chi connectivity index (χ3n) is 4.96. The molecule has 1 aromatic rings. The van der Waals surface area contributed by atoms with Gasteiger partial charge in [0.25, 0.3) is 0 Å². The fourth-order valence-corrected chi connectivity index (χ4v) is 3.34. The largest absolute Gasteiger partial charge is 0.481 e. The number of aliphatic hydroxyl groups excluding tert-OH is 1. The summed E-state index contributed by atoms with van der Waals surface area (Å²) < 4.78 is 28.7. The summed E-state index contributed by atoms with van der Waals surface area (Å²) in [5.41, 5.74) is -0.257. The van der Waals surface area contributed by atoms with E-state index < -0.39 is 18.0 Å². The predicted molar refractivity (Wildman–Crippen MR) is 101 cm³/mol. The fraction of sp³-hybridized carbons (Fsp3) is 0.524. The summed E-state index contributed by atoms with van der Waals surface area (Å²) in [5.74, 6) is -4.25. The molecule has 1 amide bonds. The molecule has 1 aromatic carbocycles. The summed E-state index contributed by atoms with van der Waals surface area (Å²) in [6, 6.07) is 6.86. The second-order valence-corrected chi connectivity index (χ2v) is 7.07. The normalized spacial score (nSPS) is 18.8. The molecule has 1 aliphatic heterocycles. The Morgan fingerprint density at radius 1 is 1.21 bits per heavy atom. The molecule has 1 heterocycles. The van der Waals surface area contributed by atoms with Crippen LogP contribution in [0.1, 0.15) is 50.5 Å². The Kier molecular flexibility index (Phi) is 8.11. The lowest BCUT2D eigenvalue weighted by molar-refractivity contribution is -0.137. The van der Waals surface area contributed by atoms with Crippen LogP contribution >= 0.6 is 0 Å². The number of hydrogen-bond acceptors (Lipinski definition) is 3. The first kappa shape index (κ1) is 22.0. The summed E-state index contributed by atoms with van der Waals surface area (Å²) in [4.78, 5) is 24.2. The van der Waals surface area contributed by atoms with E-state index in [0.717, 1.165) is 25.3 Å². The number of benzene rings is 1. The maximum atomic E-state index is 14.4. The Morgan fingerprint density at radius 3 is 2.57 bits per heavy atom. The van der Waals surface area contributed by atoms with Crippen molar-refractivity contribution in [1.82, 2.24) is 4.90 Å². The van der Waals surface area contributed by atoms with Crippen molar-refractivity contribution in [1.29, 1.82) is 0 Å². The molecule has 5 nitrogen and oxygen atoms in total. The molecule has 2 atom stereocenters. The predicted octanol–water partition coefficient (Wildman–Crippen LogP) is 3.72. The Hall–Kier alpha value is -2.28. The number of amides is 1. The van der Waals surface area contributed by atoms with E-state index in [1.165, 1.54) is 30.3 Å². The van der Waals surface area contributed by atoms with Crippen LogP contribution in [0.5, 0.6) is 0 Å². The van der Waals surface area contributed by atoms with E-state index in [2.05, 4.69) is 0 Å². The molecule has 0 radical (unpaired) electrons. The van der Waals surface area contributed by atoms with Crippen LogP contribution in [0.15, 0.2) is 42.5 Å². The van der Waals surface area contributed by atoms with Gasteiger partial charge in [0.15, 0.2) is 0 Å². The van der Waals surface area contributed by atoms with E-state index in [-0.39, 0.29) is 23.9 Å². The Balaban J connectivity index is 1.87. The SMILES string of the molecule is O=C(O)CCCCCCN1C(=O)CCC1/C=C/C(O)C(F)(F)c1ccccc1. The van der Waals surface area contributed by atoms with Crippen LogP contribution in [0.3, 0.4) is 0 Å². The van der Waals surface area contributed by atoms with Crippen LogP contribution in [-0.2, 0) is 15.5 Å². The number of hydrogen-bond donors (Lipinski definition) is 2. The van der Waals surface area contributed by atoms with Gasteiger partial charge in [-0.15, -0.1) is 0 Å². The zero-order valence-corrected chi connectivity index (χ0v) is 15.8. The molecular formula is C21H27F2NO4. The lowest BCUT2D eigenvalue weighted by Gasteiger charge is -2.24. The van der Waals surface area contributed by atoms with Crippen molar-refractivity contribution in [2.24, 2.45) is 0 Å². The number of carbonyl (C=O) groups is 2. The summed E-state index contributed by atoms with van der Waals surface area (Å²) in [5, 5.41) is 18.6. The smallest absolute Gasteiger partial charge is 0.303 e. The Labute approximate surface area is 163 Å². The van der Waals surface area contributed by atoms with Gasteiger partial charge in [0.05, 0.1) is 6.04 Å². The Morgan fingerprint density at radius 2 is 1.89 bits per heavy atom. The molecule has 0 saturated carbocycles. The number of carboxylic acids is 1. The first-order valence-electron chi connectivity index (χ1n) is 9.63. The molecule has 0 bridgehead atoms. The summed E-state index contributed by atoms with van der Waals surface area (Å²) in [6.07, 6.45) is 4.57. The molecule has 1 aliphatic rings. The van der Waals surface area contributed by atoms with Crippen molar-refractivity contribution in [2.75, 3.05) is 6.54 Å². The topological polar surface area (TPSA) is 77.8 Å². The standard InChI is InChI=1S/C21H27F2NO4/c22-21(23,16-8-4-3-5-9-16)18(25)13-11-17-12-14-19(26)24(17)15-7-2-1-6-10-20(27)28/h3-5,8-9,11,13,17-18,25H,1-2,6-7,10,12,14-15H2,(H,27,28)/b13-11+. The minimum absolute atomic E-state index is 0.0236. The van der Waals surface area contributed by atoms with E-state index >= 15 is 0 Å². The number of unbranched alkanes of at least 4 members (excludes halogenated alkanes) is 3. The lowest BCUT2D eigenvalue weighted by Crippen LogP contribution is -2.34. The number of carboxylic acid groups (broad SMARTS) is 1. The first-order chi connectivity index (χ1) is 13.3. The lowest BCUT2D eigenvalue weighted by atomic mass is 10.0. The van der Waals surface area contributed by atoms with Gasteiger partial charge >= 0.3 is 11.9 Å². The highest BCUT2D eigenvalue weighted by Crippen LogP contribution is 2.32. The molecule has 0 aromatic heterocycles. The van der Waals surface area contributed by atoms with Gasteiger partial charge in [0, 0.05) is 24.9 Å². The molecule has 7 heteroatoms. The average molecular weight is 395 g/mol. The van der Waals surface area contributed by atoms with Gasteiger partial charge in [0.2, 0.25) is 5.91 Å². The molecule has 1 saturated heterocycles. The van der Waals surface area contributed by atoms with Crippen LogP contribution < -0.4 is 0 Å². The van der Waals surface area contributed by atoms with Crippen LogP contribution in [0.4, 0.5) is 8.78 Å². The molecule has 2 unspecified atom stereocenters. The highest BCUT2D eigenvalue weighted by Gasteiger charge is 2.39. The number of likely N-dealkylation sites (tertiary alicyclic amines) is 1. The second-order valence-electron chi connectivity index (χ2n) is 7.07. The van der Waals surface area contributed by atoms with Gasteiger partial charge in [-0.2, -0.15) is 8.78 Å². The van der Waals surface area contributed by atoms with Crippen LogP contribution in [0, 0.1) is 0 Å². The van der Waals surface area contributed by atoms with Gasteiger partial charge in [-0.25, -0.2) is 0 Å². The van der Waals surface area contributed by atoms with Crippen molar-refractivity contribution in [3.63, 3.8) is 0 Å². The third-order valence-corrected chi connectivity index (χ3v) is 4.96. The Bertz CT molecular complexity index is 678. The average Bonchev–Trinajstić information content (AvgIpc) is 3.02. The highest BCUT2D eigenvalue weighted by molar-refractivity contribution is 5.79. The number of nitrogens with zero attached hydrogens (tertiary/aromatic N) is 1. The zero-order chi connectivity index (χ0) is 20.6. The van der Waals surface area contributed by atoms with Crippen LogP contribution in [0.25, 0.3) is 0 Å². The van der Waals surface area contributed by atoms with Crippen molar-refractivity contribution in [2.45, 2.75) is 63.0 Å². The van der Waals surface area contributed by atoms with Crippen molar-refractivity contribution in [3.05, 3.63) is 48.0 Å². The van der Waals surface area contributed by atoms with Gasteiger partial charge in [-0.1, -0.05) is 55.3 Å². The van der Waals surface area contributed by atoms with Crippen LogP contribution in [-0.4, -0.2) is 45.7 Å². The quantitative estimate of drug-likeness (QED) is 0.442. The maximum Gasteiger partial charge on any atom is 0.303 e. The molecule has 154 valence electrons. The van der Waals surface area contributed by atoms with Gasteiger partial charge in [0.1, 0.15) is 6.10 Å². The minimum atomic E-state index is -3.41. The summed E-state index contributed by atoms with van der Waals surface area (Å²) >= 11 is 0. The van der Waals surface area contributed by atoms with Gasteiger partial charge in [-0.05, 0) is 19.3 Å². The first-order valence-corrected chi connectivity index (χ1v) is 9.63. The minimum Gasteiger partial charge on any atom is -0.481 e. The van der Waals surface area contributed by atoms with E-state index in [1.54, 1.807) is 11.0 Å². The molecule has 0 spiro atoms. The number of aliphatic carboxylic acids is 1. The van der Waals surface area contributed by atoms with E-state index in [9.17, 15) is 23.5 Å². The van der Waals surface area contributed by atoms with Gasteiger partial charge < -0.3 is 15.1 Å². The van der Waals surface area contributed by atoms with Gasteiger partial charge in [-0.3, -0.25) is 9.59 Å². The number of carbonyl (C=O) groups excluding carboxylic acids is 1. The van der Waals surface area contributed by atoms with Crippen molar-refractivity contribution >= 4 is 11.9 Å². The summed E-state index contributed by atoms with van der Waals surface area (Å²) in [7, 11) is 0. The van der Waals surface area contributed by atoms with Crippen molar-refractivity contribution in [3.8, 4) is 0 Å². The molecule has 2 rings (SSSR count). The molecule has 28 heavy (non-hydrogen) atoms. The molecule has 1 fully saturated rings. The molecule has 2 N–H and O–H groups in total. The number of aliphatic hydroxyl groups is 1. The fourth-order valence-electron chi connectivity index (χ4n) is 3.34. The number of rotatable bonds is 11. The number of alkyl halides is 2. The maximum absolute atomic E-state index is 14.4. The van der Waals surface area contributed by atoms with Crippen LogP contribution in [0.2, 0.25) is 0 Å². The monoisotopic (exact) mass is 395 g/mol. The third kappa shape index (κ3) is 6.12. The highest BCUT2D eigenvalue weighted by atomic mass is 19.3. The molecule has 0 aliphatic carbocycles. The summed E-state index contributed by atoms with van der Waals surface area (Å²) in [6.45, 7) is 0.506. The van der Waals surface area contributed by atoms with E-state index in [0.29, 0.717) is 25.8 Å². The zero-order valence-electron chi connectivity index (χ0n) is 15.8. The number of halogens is 2. The van der Waals surface area contributed by atoms with Crippen molar-refractivity contribution < 1.29 is 28.6 Å². The van der Waals surface area contributed by atoms with E-state index in [1.807, 2.05) is 0 Å². The molecular weight excluding hydrogens is 368 g/mol. The second kappa shape index (κ2) is 10.3. The van der Waals surface area contributed by atoms with E-state index in [4.69, 9.17) is 5.11 Å².